The number of likely N-dealkylation sites (N-methyl/N-ethyl adjacent to an activating group) is 1. The zero-order chi connectivity index (χ0) is 19.3. The second-order valence-electron chi connectivity index (χ2n) is 7.79. The lowest BCUT2D eigenvalue weighted by molar-refractivity contribution is -0.120. The number of amides is 1. The van der Waals surface area contributed by atoms with Crippen LogP contribution in [0.25, 0.3) is 0 Å². The molecule has 2 aliphatic rings. The van der Waals surface area contributed by atoms with Crippen LogP contribution in [0.3, 0.4) is 0 Å². The van der Waals surface area contributed by atoms with Crippen molar-refractivity contribution in [2.45, 2.75) is 29.0 Å². The average molecular weight is 396 g/mol. The molecule has 0 radical (unpaired) electrons. The summed E-state index contributed by atoms with van der Waals surface area (Å²) in [5.41, 5.74) is 2.69. The van der Waals surface area contributed by atoms with Crippen LogP contribution in [0.4, 0.5) is 0 Å². The maximum atomic E-state index is 12.5. The topological polar surface area (TPSA) is 35.6 Å². The maximum absolute atomic E-state index is 12.5. The summed E-state index contributed by atoms with van der Waals surface area (Å²) in [6.45, 7) is 5.02. The van der Waals surface area contributed by atoms with Crippen molar-refractivity contribution in [3.8, 4) is 0 Å². The van der Waals surface area contributed by atoms with Crippen LogP contribution < -0.4 is 5.32 Å². The van der Waals surface area contributed by atoms with Gasteiger partial charge in [0, 0.05) is 43.7 Å². The highest BCUT2D eigenvalue weighted by atomic mass is 32.2. The van der Waals surface area contributed by atoms with Crippen molar-refractivity contribution >= 4 is 17.7 Å². The van der Waals surface area contributed by atoms with Gasteiger partial charge in [0.25, 0.3) is 0 Å². The van der Waals surface area contributed by atoms with E-state index >= 15 is 0 Å². The Morgan fingerprint density at radius 3 is 2.71 bits per heavy atom. The summed E-state index contributed by atoms with van der Waals surface area (Å²) in [6.07, 6.45) is 1.84. The Kier molecular flexibility index (Phi) is 6.35. The molecule has 1 fully saturated rings. The summed E-state index contributed by atoms with van der Waals surface area (Å²) >= 11 is 1.70. The third kappa shape index (κ3) is 4.59. The molecular formula is C23H29N3OS. The molecule has 1 amide bonds. The van der Waals surface area contributed by atoms with E-state index in [1.807, 2.05) is 6.07 Å². The molecule has 0 aromatic heterocycles. The molecule has 2 aliphatic heterocycles. The van der Waals surface area contributed by atoms with E-state index in [2.05, 4.69) is 70.7 Å². The van der Waals surface area contributed by atoms with E-state index in [0.29, 0.717) is 6.04 Å². The van der Waals surface area contributed by atoms with Crippen molar-refractivity contribution in [2.24, 2.45) is 0 Å². The molecule has 2 atom stereocenters. The Balaban J connectivity index is 1.25. The molecule has 4 nitrogen and oxygen atoms in total. The van der Waals surface area contributed by atoms with Crippen molar-refractivity contribution < 1.29 is 4.79 Å². The predicted molar refractivity (Wildman–Crippen MR) is 116 cm³/mol. The van der Waals surface area contributed by atoms with E-state index in [-0.39, 0.29) is 11.2 Å². The minimum Gasteiger partial charge on any atom is -0.355 e. The van der Waals surface area contributed by atoms with Crippen LogP contribution in [-0.4, -0.2) is 60.7 Å². The average Bonchev–Trinajstić information content (AvgIpc) is 3.17. The summed E-state index contributed by atoms with van der Waals surface area (Å²) in [6, 6.07) is 19.6. The number of piperazine rings is 1. The summed E-state index contributed by atoms with van der Waals surface area (Å²) in [7, 11) is 2.20. The van der Waals surface area contributed by atoms with E-state index < -0.39 is 0 Å². The van der Waals surface area contributed by atoms with E-state index in [1.54, 1.807) is 11.8 Å². The number of fused-ring (bicyclic) bond motifs is 1. The highest BCUT2D eigenvalue weighted by Crippen LogP contribution is 2.36. The maximum Gasteiger partial charge on any atom is 0.233 e. The number of hydrogen-bond acceptors (Lipinski definition) is 4. The van der Waals surface area contributed by atoms with Gasteiger partial charge in [0.05, 0.1) is 5.25 Å². The third-order valence-corrected chi connectivity index (χ3v) is 7.06. The van der Waals surface area contributed by atoms with Gasteiger partial charge in [0.2, 0.25) is 5.91 Å². The summed E-state index contributed by atoms with van der Waals surface area (Å²) in [5.74, 6) is 0.180. The van der Waals surface area contributed by atoms with Crippen molar-refractivity contribution in [3.63, 3.8) is 0 Å². The lowest BCUT2D eigenvalue weighted by Gasteiger charge is -2.40. The number of carbonyl (C=O) groups excluding carboxylic acids is 1. The predicted octanol–water partition coefficient (Wildman–Crippen LogP) is 3.20. The minimum absolute atomic E-state index is 0.0260. The Morgan fingerprint density at radius 2 is 1.89 bits per heavy atom. The van der Waals surface area contributed by atoms with Gasteiger partial charge in [-0.1, -0.05) is 48.5 Å². The Hall–Kier alpha value is -1.82. The molecule has 5 heteroatoms. The Labute approximate surface area is 172 Å². The number of thioether (sulfide) groups is 1. The molecule has 0 saturated carbocycles. The first kappa shape index (κ1) is 19.5. The summed E-state index contributed by atoms with van der Waals surface area (Å²) in [4.78, 5) is 18.8. The van der Waals surface area contributed by atoms with E-state index in [4.69, 9.17) is 0 Å². The van der Waals surface area contributed by atoms with Crippen LogP contribution in [0.1, 0.15) is 23.6 Å². The Morgan fingerprint density at radius 1 is 1.11 bits per heavy atom. The van der Waals surface area contributed by atoms with Gasteiger partial charge in [-0.2, -0.15) is 0 Å². The van der Waals surface area contributed by atoms with E-state index in [9.17, 15) is 4.79 Å². The lowest BCUT2D eigenvalue weighted by atomic mass is 10.0. The molecule has 148 valence electrons. The molecule has 2 aromatic rings. The summed E-state index contributed by atoms with van der Waals surface area (Å²) in [5, 5.41) is 3.19. The van der Waals surface area contributed by atoms with Gasteiger partial charge in [-0.15, -0.1) is 11.8 Å². The fraction of sp³-hybridized carbons (Fsp3) is 0.435. The molecule has 0 aliphatic carbocycles. The fourth-order valence-electron chi connectivity index (χ4n) is 4.15. The highest BCUT2D eigenvalue weighted by Gasteiger charge is 2.28. The second-order valence-corrected chi connectivity index (χ2v) is 9.03. The highest BCUT2D eigenvalue weighted by molar-refractivity contribution is 8.01. The van der Waals surface area contributed by atoms with Crippen molar-refractivity contribution in [1.29, 1.82) is 0 Å². The van der Waals surface area contributed by atoms with Crippen molar-refractivity contribution in [1.82, 2.24) is 15.1 Å². The number of nitrogens with zero attached hydrogens (tertiary/aromatic N) is 2. The summed E-state index contributed by atoms with van der Waals surface area (Å²) < 4.78 is 0. The monoisotopic (exact) mass is 395 g/mol. The smallest absolute Gasteiger partial charge is 0.233 e. The number of carbonyl (C=O) groups is 1. The van der Waals surface area contributed by atoms with Crippen molar-refractivity contribution in [3.05, 3.63) is 65.7 Å². The minimum atomic E-state index is 0.0260. The number of benzene rings is 2. The second kappa shape index (κ2) is 9.12. The molecular weight excluding hydrogens is 366 g/mol. The van der Waals surface area contributed by atoms with Gasteiger partial charge in [-0.3, -0.25) is 9.69 Å². The van der Waals surface area contributed by atoms with Gasteiger partial charge in [0.1, 0.15) is 0 Å². The quantitative estimate of drug-likeness (QED) is 0.762. The van der Waals surface area contributed by atoms with Gasteiger partial charge in [0.15, 0.2) is 0 Å². The van der Waals surface area contributed by atoms with Gasteiger partial charge >= 0.3 is 0 Å². The van der Waals surface area contributed by atoms with Crippen molar-refractivity contribution in [2.75, 3.05) is 39.8 Å². The normalized spacial score (nSPS) is 22.8. The van der Waals surface area contributed by atoms with Crippen LogP contribution in [-0.2, 0) is 11.2 Å². The fourth-order valence-corrected chi connectivity index (χ4v) is 5.37. The van der Waals surface area contributed by atoms with Gasteiger partial charge in [-0.25, -0.2) is 0 Å². The van der Waals surface area contributed by atoms with Crippen LogP contribution >= 0.6 is 11.8 Å². The molecule has 2 unspecified atom stereocenters. The zero-order valence-corrected chi connectivity index (χ0v) is 17.3. The molecule has 0 spiro atoms. The molecule has 4 rings (SSSR count). The lowest BCUT2D eigenvalue weighted by Crippen LogP contribution is -2.47. The van der Waals surface area contributed by atoms with E-state index in [0.717, 1.165) is 45.6 Å². The Bertz CT molecular complexity index is 772. The molecule has 2 heterocycles. The molecule has 1 saturated heterocycles. The third-order valence-electron chi connectivity index (χ3n) is 5.74. The van der Waals surface area contributed by atoms with Gasteiger partial charge < -0.3 is 10.2 Å². The molecule has 2 aromatic carbocycles. The number of hydrogen-bond donors (Lipinski definition) is 1. The molecule has 1 N–H and O–H groups in total. The number of rotatable bonds is 6. The first-order valence-electron chi connectivity index (χ1n) is 10.2. The molecule has 28 heavy (non-hydrogen) atoms. The standard InChI is InChI=1S/C23H29N3OS/c1-25-14-15-26(20(17-25)18-8-3-2-4-9-18)13-7-12-24-23(27)22-16-19-10-5-6-11-21(19)28-22/h2-6,8-11,20,22H,7,12-17H2,1H3,(H,24,27). The first-order chi connectivity index (χ1) is 13.7. The first-order valence-corrected chi connectivity index (χ1v) is 11.1. The van der Waals surface area contributed by atoms with Crippen LogP contribution in [0.15, 0.2) is 59.5 Å². The number of nitrogens with one attached hydrogen (secondary N) is 1. The van der Waals surface area contributed by atoms with Crippen LogP contribution in [0.5, 0.6) is 0 Å². The van der Waals surface area contributed by atoms with Crippen LogP contribution in [0, 0.1) is 0 Å². The largest absolute Gasteiger partial charge is 0.355 e. The van der Waals surface area contributed by atoms with Crippen LogP contribution in [0.2, 0.25) is 0 Å². The van der Waals surface area contributed by atoms with E-state index in [1.165, 1.54) is 16.0 Å². The van der Waals surface area contributed by atoms with Gasteiger partial charge in [-0.05, 0) is 37.1 Å². The molecule has 0 bridgehead atoms. The zero-order valence-electron chi connectivity index (χ0n) is 16.5. The SMILES string of the molecule is CN1CCN(CCCNC(=O)C2Cc3ccccc3S2)C(c2ccccc2)C1.